The number of benzene rings is 1. The van der Waals surface area contributed by atoms with E-state index >= 15 is 0 Å². The molecule has 1 saturated carbocycles. The molecule has 0 bridgehead atoms. The monoisotopic (exact) mass is 277 g/mol. The van der Waals surface area contributed by atoms with Gasteiger partial charge in [0.05, 0.1) is 17.6 Å². The fourth-order valence-corrected chi connectivity index (χ4v) is 3.05. The molecule has 3 rings (SSSR count). The molecule has 1 atom stereocenters. The van der Waals surface area contributed by atoms with Gasteiger partial charge >= 0.3 is 0 Å². The number of nitrogens with zero attached hydrogens (tertiary/aromatic N) is 1. The van der Waals surface area contributed by atoms with E-state index in [0.717, 1.165) is 21.9 Å². The molecule has 0 aliphatic heterocycles. The minimum atomic E-state index is -0.231. The standard InChI is InChI=1S/C14H19N3OS/c1-14(8-18,17-10-6-7-10)9-19-13-15-11-4-2-3-5-12(11)16-13/h2-5,10,17-18H,6-9H2,1H3,(H,15,16). The largest absolute Gasteiger partial charge is 0.394 e. The number of imidazole rings is 1. The number of aliphatic hydroxyl groups excluding tert-OH is 1. The highest BCUT2D eigenvalue weighted by molar-refractivity contribution is 7.99. The summed E-state index contributed by atoms with van der Waals surface area (Å²) >= 11 is 1.66. The molecule has 1 heterocycles. The summed E-state index contributed by atoms with van der Waals surface area (Å²) in [6.45, 7) is 2.22. The number of thioether (sulfide) groups is 1. The lowest BCUT2D eigenvalue weighted by Gasteiger charge is -2.28. The van der Waals surface area contributed by atoms with Crippen molar-refractivity contribution in [1.29, 1.82) is 0 Å². The molecule has 1 aliphatic rings. The van der Waals surface area contributed by atoms with Crippen LogP contribution in [0.3, 0.4) is 0 Å². The summed E-state index contributed by atoms with van der Waals surface area (Å²) in [5, 5.41) is 14.0. The number of nitrogens with one attached hydrogen (secondary N) is 2. The van der Waals surface area contributed by atoms with Crippen molar-refractivity contribution in [3.05, 3.63) is 24.3 Å². The molecule has 19 heavy (non-hydrogen) atoms. The second kappa shape index (κ2) is 5.15. The number of hydrogen-bond donors (Lipinski definition) is 3. The fourth-order valence-electron chi connectivity index (χ4n) is 2.08. The topological polar surface area (TPSA) is 60.9 Å². The van der Waals surface area contributed by atoms with Crippen LogP contribution in [0.15, 0.2) is 29.4 Å². The highest BCUT2D eigenvalue weighted by atomic mass is 32.2. The first kappa shape index (κ1) is 13.0. The van der Waals surface area contributed by atoms with Gasteiger partial charge in [-0.3, -0.25) is 0 Å². The Morgan fingerprint density at radius 1 is 1.47 bits per heavy atom. The number of para-hydroxylation sites is 2. The molecular formula is C14H19N3OS. The molecule has 1 fully saturated rings. The van der Waals surface area contributed by atoms with Crippen LogP contribution >= 0.6 is 11.8 Å². The van der Waals surface area contributed by atoms with Gasteiger partial charge in [0.15, 0.2) is 5.16 Å². The van der Waals surface area contributed by atoms with E-state index < -0.39 is 0 Å². The van der Waals surface area contributed by atoms with E-state index in [2.05, 4.69) is 22.2 Å². The van der Waals surface area contributed by atoms with Crippen LogP contribution < -0.4 is 5.32 Å². The van der Waals surface area contributed by atoms with Crippen molar-refractivity contribution in [1.82, 2.24) is 15.3 Å². The lowest BCUT2D eigenvalue weighted by molar-refractivity contribution is 0.190. The average Bonchev–Trinajstić information content (AvgIpc) is 3.12. The third kappa shape index (κ3) is 3.11. The van der Waals surface area contributed by atoms with E-state index in [1.54, 1.807) is 11.8 Å². The average molecular weight is 277 g/mol. The summed E-state index contributed by atoms with van der Waals surface area (Å²) in [7, 11) is 0. The second-order valence-corrected chi connectivity index (χ2v) is 6.45. The Labute approximate surface area is 117 Å². The molecule has 1 aromatic heterocycles. The summed E-state index contributed by atoms with van der Waals surface area (Å²) in [4.78, 5) is 7.85. The zero-order valence-electron chi connectivity index (χ0n) is 11.0. The van der Waals surface area contributed by atoms with Gasteiger partial charge in [0.2, 0.25) is 0 Å². The number of hydrogen-bond acceptors (Lipinski definition) is 4. The molecule has 1 unspecified atom stereocenters. The molecular weight excluding hydrogens is 258 g/mol. The normalized spacial score (nSPS) is 18.6. The van der Waals surface area contributed by atoms with Crippen molar-refractivity contribution in [3.63, 3.8) is 0 Å². The minimum absolute atomic E-state index is 0.150. The van der Waals surface area contributed by atoms with Gasteiger partial charge in [0.1, 0.15) is 0 Å². The van der Waals surface area contributed by atoms with Gasteiger partial charge in [0.25, 0.3) is 0 Å². The molecule has 1 aliphatic carbocycles. The highest BCUT2D eigenvalue weighted by Crippen LogP contribution is 2.27. The molecule has 0 saturated heterocycles. The maximum absolute atomic E-state index is 9.57. The number of fused-ring (bicyclic) bond motifs is 1. The van der Waals surface area contributed by atoms with Crippen LogP contribution in [0.5, 0.6) is 0 Å². The van der Waals surface area contributed by atoms with Gasteiger partial charge in [0, 0.05) is 17.3 Å². The van der Waals surface area contributed by atoms with Gasteiger partial charge < -0.3 is 15.4 Å². The number of aliphatic hydroxyl groups is 1. The van der Waals surface area contributed by atoms with Crippen LogP contribution in [-0.2, 0) is 0 Å². The van der Waals surface area contributed by atoms with E-state index in [1.807, 2.05) is 24.3 Å². The van der Waals surface area contributed by atoms with Crippen LogP contribution in [0.1, 0.15) is 19.8 Å². The molecule has 1 aromatic carbocycles. The van der Waals surface area contributed by atoms with Gasteiger partial charge in [-0.2, -0.15) is 0 Å². The van der Waals surface area contributed by atoms with Crippen LogP contribution in [-0.4, -0.2) is 39.0 Å². The van der Waals surface area contributed by atoms with E-state index in [-0.39, 0.29) is 12.1 Å². The Bertz CT molecular complexity index is 534. The molecule has 3 N–H and O–H groups in total. The quantitative estimate of drug-likeness (QED) is 0.708. The van der Waals surface area contributed by atoms with Crippen LogP contribution in [0, 0.1) is 0 Å². The van der Waals surface area contributed by atoms with Crippen molar-refractivity contribution in [3.8, 4) is 0 Å². The lowest BCUT2D eigenvalue weighted by Crippen LogP contribution is -2.49. The number of H-pyrrole nitrogens is 1. The third-order valence-electron chi connectivity index (χ3n) is 3.37. The molecule has 0 spiro atoms. The molecule has 102 valence electrons. The van der Waals surface area contributed by atoms with E-state index in [9.17, 15) is 5.11 Å². The third-order valence-corrected chi connectivity index (χ3v) is 4.62. The van der Waals surface area contributed by atoms with Crippen molar-refractivity contribution >= 4 is 22.8 Å². The van der Waals surface area contributed by atoms with Crippen molar-refractivity contribution in [2.24, 2.45) is 0 Å². The highest BCUT2D eigenvalue weighted by Gasteiger charge is 2.32. The second-order valence-electron chi connectivity index (χ2n) is 5.49. The number of rotatable bonds is 6. The van der Waals surface area contributed by atoms with E-state index in [1.165, 1.54) is 12.8 Å². The Morgan fingerprint density at radius 2 is 2.26 bits per heavy atom. The van der Waals surface area contributed by atoms with Crippen LogP contribution in [0.2, 0.25) is 0 Å². The Balaban J connectivity index is 1.66. The Morgan fingerprint density at radius 3 is 2.95 bits per heavy atom. The maximum Gasteiger partial charge on any atom is 0.166 e. The van der Waals surface area contributed by atoms with Gasteiger partial charge in [-0.05, 0) is 31.9 Å². The minimum Gasteiger partial charge on any atom is -0.394 e. The molecule has 5 heteroatoms. The van der Waals surface area contributed by atoms with Gasteiger partial charge in [-0.15, -0.1) is 0 Å². The lowest BCUT2D eigenvalue weighted by atomic mass is 10.1. The zero-order valence-corrected chi connectivity index (χ0v) is 11.8. The maximum atomic E-state index is 9.57. The van der Waals surface area contributed by atoms with Crippen LogP contribution in [0.25, 0.3) is 11.0 Å². The molecule has 0 radical (unpaired) electrons. The SMILES string of the molecule is CC(CO)(CSc1nc2ccccc2[nH]1)NC1CC1. The van der Waals surface area contributed by atoms with Crippen molar-refractivity contribution < 1.29 is 5.11 Å². The fraction of sp³-hybridized carbons (Fsp3) is 0.500. The van der Waals surface area contributed by atoms with Gasteiger partial charge in [-0.1, -0.05) is 23.9 Å². The molecule has 4 nitrogen and oxygen atoms in total. The summed E-state index contributed by atoms with van der Waals surface area (Å²) in [6, 6.07) is 8.61. The number of aromatic nitrogens is 2. The first-order valence-electron chi connectivity index (χ1n) is 6.65. The van der Waals surface area contributed by atoms with Crippen molar-refractivity contribution in [2.75, 3.05) is 12.4 Å². The summed E-state index contributed by atoms with van der Waals surface area (Å²) in [5.41, 5.74) is 1.82. The Kier molecular flexibility index (Phi) is 3.52. The van der Waals surface area contributed by atoms with Gasteiger partial charge in [-0.25, -0.2) is 4.98 Å². The summed E-state index contributed by atoms with van der Waals surface area (Å²) in [6.07, 6.45) is 2.45. The smallest absolute Gasteiger partial charge is 0.166 e. The summed E-state index contributed by atoms with van der Waals surface area (Å²) in [5.74, 6) is 0.805. The Hall–Kier alpha value is -1.04. The zero-order chi connectivity index (χ0) is 13.3. The van der Waals surface area contributed by atoms with Crippen molar-refractivity contribution in [2.45, 2.75) is 36.5 Å². The van der Waals surface area contributed by atoms with E-state index in [4.69, 9.17) is 0 Å². The molecule has 2 aromatic rings. The summed E-state index contributed by atoms with van der Waals surface area (Å²) < 4.78 is 0. The number of aromatic amines is 1. The van der Waals surface area contributed by atoms with E-state index in [0.29, 0.717) is 6.04 Å². The first-order valence-corrected chi connectivity index (χ1v) is 7.63. The first-order chi connectivity index (χ1) is 9.18. The van der Waals surface area contributed by atoms with Crippen LogP contribution in [0.4, 0.5) is 0 Å². The predicted molar refractivity (Wildman–Crippen MR) is 78.5 cm³/mol. The molecule has 0 amide bonds. The predicted octanol–water partition coefficient (Wildman–Crippen LogP) is 2.16.